The second kappa shape index (κ2) is 6.17. The summed E-state index contributed by atoms with van der Waals surface area (Å²) in [4.78, 5) is 12.4. The zero-order valence-electron chi connectivity index (χ0n) is 13.1. The van der Waals surface area contributed by atoms with Gasteiger partial charge in [0.1, 0.15) is 5.78 Å². The molecule has 21 heavy (non-hydrogen) atoms. The van der Waals surface area contributed by atoms with Gasteiger partial charge in [-0.25, -0.2) is 0 Å². The van der Waals surface area contributed by atoms with Crippen molar-refractivity contribution >= 4 is 5.78 Å². The monoisotopic (exact) mass is 282 g/mol. The molecule has 0 radical (unpaired) electrons. The normalized spacial score (nSPS) is 25.5. The van der Waals surface area contributed by atoms with Gasteiger partial charge in [-0.05, 0) is 43.6 Å². The summed E-state index contributed by atoms with van der Waals surface area (Å²) in [7, 11) is 0. The number of ketones is 1. The quantitative estimate of drug-likeness (QED) is 0.704. The van der Waals surface area contributed by atoms with Gasteiger partial charge in [-0.1, -0.05) is 61.2 Å². The predicted molar refractivity (Wildman–Crippen MR) is 87.2 cm³/mol. The molecule has 0 saturated heterocycles. The molecule has 2 aliphatic rings. The van der Waals surface area contributed by atoms with Crippen molar-refractivity contribution in [3.63, 3.8) is 0 Å². The third-order valence-corrected chi connectivity index (χ3v) is 5.50. The molecule has 112 valence electrons. The third-order valence-electron chi connectivity index (χ3n) is 5.50. The Kier molecular flexibility index (Phi) is 4.28. The second-order valence-corrected chi connectivity index (χ2v) is 7.04. The first-order valence-corrected chi connectivity index (χ1v) is 8.44. The molecular weight excluding hydrogens is 256 g/mol. The van der Waals surface area contributed by atoms with Crippen molar-refractivity contribution in [2.75, 3.05) is 0 Å². The Bertz CT molecular complexity index is 520. The van der Waals surface area contributed by atoms with E-state index in [2.05, 4.69) is 43.3 Å². The standard InChI is InChI=1S/C20H26O/c1-16(14-17-8-4-2-5-9-17)15-18-19(21)10-13-20(18)11-6-3-7-12-20/h2,4-5,8-9,15,18H,3,6-7,10-14H2,1H3/b16-15-. The minimum atomic E-state index is 0.196. The fourth-order valence-electron chi connectivity index (χ4n) is 4.37. The smallest absolute Gasteiger partial charge is 0.140 e. The molecule has 2 saturated carbocycles. The van der Waals surface area contributed by atoms with Crippen LogP contribution in [0, 0.1) is 11.3 Å². The summed E-state index contributed by atoms with van der Waals surface area (Å²) in [6, 6.07) is 10.6. The Balaban J connectivity index is 1.77. The van der Waals surface area contributed by atoms with Crippen molar-refractivity contribution < 1.29 is 4.79 Å². The van der Waals surface area contributed by atoms with Gasteiger partial charge in [-0.3, -0.25) is 4.79 Å². The summed E-state index contributed by atoms with van der Waals surface area (Å²) in [6.45, 7) is 2.19. The number of benzene rings is 1. The highest BCUT2D eigenvalue weighted by molar-refractivity contribution is 5.86. The summed E-state index contributed by atoms with van der Waals surface area (Å²) >= 11 is 0. The van der Waals surface area contributed by atoms with E-state index in [0.29, 0.717) is 11.2 Å². The molecule has 1 heteroatoms. The van der Waals surface area contributed by atoms with Gasteiger partial charge in [0.15, 0.2) is 0 Å². The molecule has 3 rings (SSSR count). The summed E-state index contributed by atoms with van der Waals surface area (Å²) in [6.07, 6.45) is 11.7. The average molecular weight is 282 g/mol. The van der Waals surface area contributed by atoms with Gasteiger partial charge in [0.05, 0.1) is 0 Å². The van der Waals surface area contributed by atoms with E-state index < -0.39 is 0 Å². The Morgan fingerprint density at radius 1 is 1.14 bits per heavy atom. The van der Waals surface area contributed by atoms with Crippen LogP contribution in [0.2, 0.25) is 0 Å². The lowest BCUT2D eigenvalue weighted by Gasteiger charge is -2.37. The van der Waals surface area contributed by atoms with Crippen LogP contribution < -0.4 is 0 Å². The number of hydrogen-bond acceptors (Lipinski definition) is 1. The largest absolute Gasteiger partial charge is 0.299 e. The molecule has 2 aliphatic carbocycles. The van der Waals surface area contributed by atoms with Gasteiger partial charge in [0, 0.05) is 12.3 Å². The van der Waals surface area contributed by atoms with Crippen molar-refractivity contribution in [3.8, 4) is 0 Å². The molecule has 0 bridgehead atoms. The van der Waals surface area contributed by atoms with E-state index >= 15 is 0 Å². The maximum absolute atomic E-state index is 12.4. The van der Waals surface area contributed by atoms with Gasteiger partial charge >= 0.3 is 0 Å². The number of allylic oxidation sites excluding steroid dienone is 2. The highest BCUT2D eigenvalue weighted by atomic mass is 16.1. The number of carbonyl (C=O) groups excluding carboxylic acids is 1. The van der Waals surface area contributed by atoms with E-state index in [0.717, 1.165) is 19.3 Å². The summed E-state index contributed by atoms with van der Waals surface area (Å²) < 4.78 is 0. The first-order valence-electron chi connectivity index (χ1n) is 8.44. The molecule has 1 nitrogen and oxygen atoms in total. The highest BCUT2D eigenvalue weighted by Gasteiger charge is 2.46. The van der Waals surface area contributed by atoms with Crippen LogP contribution in [-0.4, -0.2) is 5.78 Å². The van der Waals surface area contributed by atoms with Crippen LogP contribution in [0.3, 0.4) is 0 Å². The molecule has 1 aromatic rings. The van der Waals surface area contributed by atoms with Crippen molar-refractivity contribution in [2.45, 2.75) is 58.3 Å². The lowest BCUT2D eigenvalue weighted by atomic mass is 9.67. The van der Waals surface area contributed by atoms with Gasteiger partial charge in [-0.15, -0.1) is 0 Å². The van der Waals surface area contributed by atoms with Gasteiger partial charge in [-0.2, -0.15) is 0 Å². The molecule has 0 N–H and O–H groups in total. The van der Waals surface area contributed by atoms with Crippen molar-refractivity contribution in [3.05, 3.63) is 47.5 Å². The fraction of sp³-hybridized carbons (Fsp3) is 0.550. The Morgan fingerprint density at radius 3 is 2.57 bits per heavy atom. The number of carbonyl (C=O) groups is 1. The average Bonchev–Trinajstić information content (AvgIpc) is 2.79. The van der Waals surface area contributed by atoms with Crippen LogP contribution in [0.1, 0.15) is 57.4 Å². The second-order valence-electron chi connectivity index (χ2n) is 7.04. The molecule has 1 atom stereocenters. The third kappa shape index (κ3) is 3.12. The van der Waals surface area contributed by atoms with Crippen molar-refractivity contribution in [1.82, 2.24) is 0 Å². The molecule has 0 heterocycles. The Labute approximate surface area is 128 Å². The molecule has 1 unspecified atom stereocenters. The van der Waals surface area contributed by atoms with E-state index in [-0.39, 0.29) is 5.92 Å². The summed E-state index contributed by atoms with van der Waals surface area (Å²) in [5, 5.41) is 0. The van der Waals surface area contributed by atoms with Crippen LogP contribution in [0.4, 0.5) is 0 Å². The fourth-order valence-corrected chi connectivity index (χ4v) is 4.37. The zero-order valence-corrected chi connectivity index (χ0v) is 13.1. The Morgan fingerprint density at radius 2 is 1.86 bits per heavy atom. The molecule has 2 fully saturated rings. The van der Waals surface area contributed by atoms with Gasteiger partial charge < -0.3 is 0 Å². The summed E-state index contributed by atoms with van der Waals surface area (Å²) in [5.41, 5.74) is 3.01. The first kappa shape index (κ1) is 14.6. The minimum Gasteiger partial charge on any atom is -0.299 e. The molecule has 1 aromatic carbocycles. The zero-order chi connectivity index (χ0) is 14.7. The van der Waals surface area contributed by atoms with Crippen LogP contribution in [-0.2, 0) is 11.2 Å². The lowest BCUT2D eigenvalue weighted by Crippen LogP contribution is -2.30. The van der Waals surface area contributed by atoms with Crippen LogP contribution in [0.15, 0.2) is 42.0 Å². The van der Waals surface area contributed by atoms with E-state index in [1.807, 2.05) is 0 Å². The van der Waals surface area contributed by atoms with Crippen molar-refractivity contribution in [1.29, 1.82) is 0 Å². The highest BCUT2D eigenvalue weighted by Crippen LogP contribution is 2.52. The minimum absolute atomic E-state index is 0.196. The van der Waals surface area contributed by atoms with Crippen LogP contribution in [0.25, 0.3) is 0 Å². The van der Waals surface area contributed by atoms with Crippen LogP contribution >= 0.6 is 0 Å². The van der Waals surface area contributed by atoms with E-state index in [4.69, 9.17) is 0 Å². The van der Waals surface area contributed by atoms with E-state index in [1.165, 1.54) is 43.2 Å². The van der Waals surface area contributed by atoms with Crippen LogP contribution in [0.5, 0.6) is 0 Å². The molecule has 0 aromatic heterocycles. The molecule has 0 amide bonds. The number of hydrogen-bond donors (Lipinski definition) is 0. The predicted octanol–water partition coefficient (Wildman–Crippen LogP) is 5.11. The van der Waals surface area contributed by atoms with E-state index in [9.17, 15) is 4.79 Å². The Hall–Kier alpha value is -1.37. The summed E-state index contributed by atoms with van der Waals surface area (Å²) in [5.74, 6) is 0.686. The van der Waals surface area contributed by atoms with E-state index in [1.54, 1.807) is 0 Å². The maximum Gasteiger partial charge on any atom is 0.140 e. The SMILES string of the molecule is C/C(=C/C1C(=O)CCC12CCCCC2)Cc1ccccc1. The molecular formula is C20H26O. The number of rotatable bonds is 3. The lowest BCUT2D eigenvalue weighted by molar-refractivity contribution is -0.121. The first-order chi connectivity index (χ1) is 10.2. The van der Waals surface area contributed by atoms with Crippen molar-refractivity contribution in [2.24, 2.45) is 11.3 Å². The van der Waals surface area contributed by atoms with Gasteiger partial charge in [0.25, 0.3) is 0 Å². The van der Waals surface area contributed by atoms with Gasteiger partial charge in [0.2, 0.25) is 0 Å². The maximum atomic E-state index is 12.4. The number of Topliss-reactive ketones (excluding diaryl/α,β-unsaturated/α-hetero) is 1. The topological polar surface area (TPSA) is 17.1 Å². The molecule has 0 aliphatic heterocycles. The molecule has 1 spiro atoms.